The molecule has 0 saturated carbocycles. The molecule has 2 atom stereocenters. The number of aliphatic imine (C=N–C) groups is 1. The Morgan fingerprint density at radius 2 is 2.13 bits per heavy atom. The molecule has 2 rings (SSSR count). The van der Waals surface area contributed by atoms with Crippen LogP contribution in [0.2, 0.25) is 0 Å². The molecule has 1 aromatic rings. The minimum absolute atomic E-state index is 0.0245. The van der Waals surface area contributed by atoms with Crippen molar-refractivity contribution in [2.45, 2.75) is 37.5 Å². The van der Waals surface area contributed by atoms with Crippen LogP contribution in [0, 0.1) is 0 Å². The summed E-state index contributed by atoms with van der Waals surface area (Å²) in [4.78, 5) is 4.79. The van der Waals surface area contributed by atoms with Crippen LogP contribution in [-0.4, -0.2) is 43.2 Å². The molecule has 1 fully saturated rings. The van der Waals surface area contributed by atoms with Crippen molar-refractivity contribution in [3.8, 4) is 0 Å². The van der Waals surface area contributed by atoms with E-state index in [1.807, 2.05) is 30.0 Å². The van der Waals surface area contributed by atoms with Crippen LogP contribution in [0.5, 0.6) is 0 Å². The lowest BCUT2D eigenvalue weighted by Gasteiger charge is -2.22. The standard InChI is InChI=1S/C18H29N3OS/c1-4-19-17(21-14-18(2)11-8-12-23-18)20-13-16(22-3)15-9-6-5-7-10-15/h5-7,9-10,16H,4,8,11-14H2,1-3H3,(H2,19,20,21). The molecule has 0 aromatic heterocycles. The second-order valence-corrected chi connectivity index (χ2v) is 7.80. The van der Waals surface area contributed by atoms with Gasteiger partial charge >= 0.3 is 0 Å². The smallest absolute Gasteiger partial charge is 0.191 e. The first-order valence-corrected chi connectivity index (χ1v) is 9.39. The van der Waals surface area contributed by atoms with Crippen molar-refractivity contribution in [2.75, 3.05) is 32.5 Å². The molecular formula is C18H29N3OS. The topological polar surface area (TPSA) is 45.7 Å². The molecule has 0 radical (unpaired) electrons. The molecular weight excluding hydrogens is 306 g/mol. The van der Waals surface area contributed by atoms with Crippen LogP contribution >= 0.6 is 11.8 Å². The lowest BCUT2D eigenvalue weighted by molar-refractivity contribution is 0.106. The zero-order valence-electron chi connectivity index (χ0n) is 14.5. The van der Waals surface area contributed by atoms with Crippen LogP contribution in [0.4, 0.5) is 0 Å². The monoisotopic (exact) mass is 335 g/mol. The predicted molar refractivity (Wildman–Crippen MR) is 100 cm³/mol. The molecule has 2 unspecified atom stereocenters. The maximum atomic E-state index is 5.61. The zero-order valence-corrected chi connectivity index (χ0v) is 15.3. The molecule has 1 aromatic carbocycles. The minimum atomic E-state index is 0.0245. The third-order valence-electron chi connectivity index (χ3n) is 4.13. The number of nitrogens with one attached hydrogen (secondary N) is 2. The van der Waals surface area contributed by atoms with E-state index in [9.17, 15) is 0 Å². The number of benzene rings is 1. The van der Waals surface area contributed by atoms with Crippen LogP contribution in [0.25, 0.3) is 0 Å². The quantitative estimate of drug-likeness (QED) is 0.593. The van der Waals surface area contributed by atoms with Gasteiger partial charge in [0.2, 0.25) is 0 Å². The highest BCUT2D eigenvalue weighted by atomic mass is 32.2. The van der Waals surface area contributed by atoms with Crippen molar-refractivity contribution in [1.82, 2.24) is 10.6 Å². The number of guanidine groups is 1. The van der Waals surface area contributed by atoms with Gasteiger partial charge in [0, 0.05) is 24.9 Å². The van der Waals surface area contributed by atoms with Crippen LogP contribution in [0.15, 0.2) is 35.3 Å². The number of nitrogens with zero attached hydrogens (tertiary/aromatic N) is 1. The number of hydrogen-bond donors (Lipinski definition) is 2. The average Bonchev–Trinajstić information content (AvgIpc) is 3.01. The SMILES string of the molecule is CCNC(=NCC1(C)CCCS1)NCC(OC)c1ccccc1. The van der Waals surface area contributed by atoms with Crippen LogP contribution in [0.1, 0.15) is 38.4 Å². The van der Waals surface area contributed by atoms with Crippen LogP contribution < -0.4 is 10.6 Å². The summed E-state index contributed by atoms with van der Waals surface area (Å²) in [5.41, 5.74) is 1.18. The highest BCUT2D eigenvalue weighted by molar-refractivity contribution is 8.00. The third-order valence-corrected chi connectivity index (χ3v) is 5.65. The third kappa shape index (κ3) is 5.74. The molecule has 2 N–H and O–H groups in total. The number of ether oxygens (including phenoxy) is 1. The van der Waals surface area contributed by atoms with Gasteiger partial charge in [0.1, 0.15) is 0 Å². The van der Waals surface area contributed by atoms with Gasteiger partial charge in [-0.25, -0.2) is 0 Å². The first-order chi connectivity index (χ1) is 11.2. The van der Waals surface area contributed by atoms with E-state index in [0.29, 0.717) is 11.3 Å². The van der Waals surface area contributed by atoms with Gasteiger partial charge in [-0.1, -0.05) is 30.3 Å². The Morgan fingerprint density at radius 3 is 2.74 bits per heavy atom. The van der Waals surface area contributed by atoms with Gasteiger partial charge in [-0.05, 0) is 38.0 Å². The van der Waals surface area contributed by atoms with Crippen LogP contribution in [-0.2, 0) is 4.74 Å². The molecule has 0 amide bonds. The normalized spacial score (nSPS) is 22.8. The molecule has 5 heteroatoms. The van der Waals surface area contributed by atoms with Gasteiger partial charge in [-0.15, -0.1) is 0 Å². The summed E-state index contributed by atoms with van der Waals surface area (Å²) in [5.74, 6) is 2.13. The van der Waals surface area contributed by atoms with E-state index in [2.05, 4.69) is 36.6 Å². The van der Waals surface area contributed by atoms with Gasteiger partial charge in [0.25, 0.3) is 0 Å². The fraction of sp³-hybridized carbons (Fsp3) is 0.611. The molecule has 0 bridgehead atoms. The van der Waals surface area contributed by atoms with E-state index < -0.39 is 0 Å². The lowest BCUT2D eigenvalue weighted by Crippen LogP contribution is -2.40. The Morgan fingerprint density at radius 1 is 1.35 bits per heavy atom. The molecule has 23 heavy (non-hydrogen) atoms. The Kier molecular flexibility index (Phi) is 7.24. The van der Waals surface area contributed by atoms with E-state index in [1.54, 1.807) is 7.11 Å². The Balaban J connectivity index is 1.92. The summed E-state index contributed by atoms with van der Waals surface area (Å²) in [6.07, 6.45) is 2.59. The molecule has 1 aliphatic rings. The second-order valence-electron chi connectivity index (χ2n) is 6.11. The van der Waals surface area contributed by atoms with E-state index in [1.165, 1.54) is 24.2 Å². The van der Waals surface area contributed by atoms with Gasteiger partial charge in [0.05, 0.1) is 12.6 Å². The van der Waals surface area contributed by atoms with Crippen molar-refractivity contribution < 1.29 is 4.74 Å². The number of rotatable bonds is 7. The summed E-state index contributed by atoms with van der Waals surface area (Å²) >= 11 is 2.04. The van der Waals surface area contributed by atoms with Crippen molar-refractivity contribution in [1.29, 1.82) is 0 Å². The highest BCUT2D eigenvalue weighted by Gasteiger charge is 2.29. The second kappa shape index (κ2) is 9.18. The lowest BCUT2D eigenvalue weighted by atomic mass is 10.1. The van der Waals surface area contributed by atoms with Crippen molar-refractivity contribution in [2.24, 2.45) is 4.99 Å². The highest BCUT2D eigenvalue weighted by Crippen LogP contribution is 2.37. The van der Waals surface area contributed by atoms with Gasteiger partial charge in [0.15, 0.2) is 5.96 Å². The predicted octanol–water partition coefficient (Wildman–Crippen LogP) is 3.21. The van der Waals surface area contributed by atoms with Gasteiger partial charge in [-0.2, -0.15) is 11.8 Å². The van der Waals surface area contributed by atoms with Crippen LogP contribution in [0.3, 0.4) is 0 Å². The summed E-state index contributed by atoms with van der Waals surface area (Å²) < 4.78 is 5.91. The Bertz CT molecular complexity index is 486. The average molecular weight is 336 g/mol. The molecule has 1 aliphatic heterocycles. The first kappa shape index (κ1) is 18.1. The number of methoxy groups -OCH3 is 1. The maximum Gasteiger partial charge on any atom is 0.191 e. The van der Waals surface area contributed by atoms with E-state index >= 15 is 0 Å². The maximum absolute atomic E-state index is 5.61. The van der Waals surface area contributed by atoms with E-state index in [0.717, 1.165) is 19.0 Å². The summed E-state index contributed by atoms with van der Waals surface area (Å²) in [7, 11) is 1.75. The largest absolute Gasteiger partial charge is 0.375 e. The molecule has 0 aliphatic carbocycles. The van der Waals surface area contributed by atoms with E-state index in [-0.39, 0.29) is 6.10 Å². The molecule has 128 valence electrons. The summed E-state index contributed by atoms with van der Waals surface area (Å²) in [5, 5.41) is 6.74. The fourth-order valence-electron chi connectivity index (χ4n) is 2.74. The number of thioether (sulfide) groups is 1. The van der Waals surface area contributed by atoms with E-state index in [4.69, 9.17) is 9.73 Å². The van der Waals surface area contributed by atoms with Crippen molar-refractivity contribution in [3.63, 3.8) is 0 Å². The molecule has 1 heterocycles. The van der Waals surface area contributed by atoms with Crippen molar-refractivity contribution in [3.05, 3.63) is 35.9 Å². The number of hydrogen-bond acceptors (Lipinski definition) is 3. The Labute approximate surface area is 144 Å². The van der Waals surface area contributed by atoms with Crippen molar-refractivity contribution >= 4 is 17.7 Å². The first-order valence-electron chi connectivity index (χ1n) is 8.41. The molecule has 4 nitrogen and oxygen atoms in total. The fourth-order valence-corrected chi connectivity index (χ4v) is 3.97. The summed E-state index contributed by atoms with van der Waals surface area (Å²) in [6, 6.07) is 10.3. The molecule has 0 spiro atoms. The molecule has 1 saturated heterocycles. The minimum Gasteiger partial charge on any atom is -0.375 e. The van der Waals surface area contributed by atoms with Gasteiger partial charge < -0.3 is 15.4 Å². The Hall–Kier alpha value is -1.20. The zero-order chi connectivity index (χ0) is 16.5. The van der Waals surface area contributed by atoms with Gasteiger partial charge in [-0.3, -0.25) is 4.99 Å². The summed E-state index contributed by atoms with van der Waals surface area (Å²) in [6.45, 7) is 6.83.